The topological polar surface area (TPSA) is 76.1 Å². The van der Waals surface area contributed by atoms with Gasteiger partial charge in [-0.15, -0.1) is 0 Å². The molecule has 1 amide bonds. The van der Waals surface area contributed by atoms with Gasteiger partial charge in [0, 0.05) is 25.9 Å². The molecule has 1 N–H and O–H groups in total. The maximum Gasteiger partial charge on any atom is 0.307 e. The largest absolute Gasteiger partial charge is 0.481 e. The highest BCUT2D eigenvalue weighted by molar-refractivity contribution is 5.87. The average molecular weight is 349 g/mol. The summed E-state index contributed by atoms with van der Waals surface area (Å²) in [6.45, 7) is 6.50. The number of allylic oxidation sites excluding steroid dienone is 2. The number of hydrogen-bond donors (Lipinski definition) is 1. The fraction of sp³-hybridized carbons (Fsp3) is 0.789. The maximum atomic E-state index is 13.2. The molecule has 4 rings (SSSR count). The van der Waals surface area contributed by atoms with Crippen LogP contribution in [-0.2, 0) is 19.1 Å². The summed E-state index contributed by atoms with van der Waals surface area (Å²) in [5.41, 5.74) is 2.43. The molecule has 6 heteroatoms. The second kappa shape index (κ2) is 6.09. The third-order valence-corrected chi connectivity index (χ3v) is 6.64. The molecule has 2 heterocycles. The summed E-state index contributed by atoms with van der Waals surface area (Å²) >= 11 is 0. The number of piperidine rings is 1. The van der Waals surface area contributed by atoms with E-state index in [1.165, 1.54) is 11.1 Å². The predicted molar refractivity (Wildman–Crippen MR) is 89.7 cm³/mol. The van der Waals surface area contributed by atoms with Crippen molar-refractivity contribution in [3.05, 3.63) is 11.1 Å². The third-order valence-electron chi connectivity index (χ3n) is 6.64. The molecule has 0 radical (unpaired) electrons. The highest BCUT2D eigenvalue weighted by Gasteiger charge is 2.58. The number of likely N-dealkylation sites (tertiary alicyclic amines) is 1. The second-order valence-electron chi connectivity index (χ2n) is 8.07. The van der Waals surface area contributed by atoms with Crippen molar-refractivity contribution in [2.45, 2.75) is 45.3 Å². The molecule has 4 fully saturated rings. The third kappa shape index (κ3) is 2.61. The Hall–Kier alpha value is -1.40. The summed E-state index contributed by atoms with van der Waals surface area (Å²) in [6, 6.07) is 0. The number of rotatable bonds is 2. The van der Waals surface area contributed by atoms with E-state index in [0.717, 1.165) is 12.8 Å². The molecule has 2 bridgehead atoms. The zero-order valence-corrected chi connectivity index (χ0v) is 15.0. The van der Waals surface area contributed by atoms with Gasteiger partial charge < -0.3 is 19.5 Å². The summed E-state index contributed by atoms with van der Waals surface area (Å²) in [6.07, 6.45) is 3.19. The monoisotopic (exact) mass is 349 g/mol. The van der Waals surface area contributed by atoms with E-state index in [0.29, 0.717) is 39.1 Å². The van der Waals surface area contributed by atoms with Gasteiger partial charge in [-0.3, -0.25) is 9.59 Å². The van der Waals surface area contributed by atoms with Gasteiger partial charge in [0.05, 0.1) is 25.0 Å². The van der Waals surface area contributed by atoms with Crippen LogP contribution in [0, 0.1) is 23.7 Å². The first-order valence-corrected chi connectivity index (χ1v) is 9.40. The number of fused-ring (bicyclic) bond motifs is 2. The Morgan fingerprint density at radius 2 is 1.60 bits per heavy atom. The van der Waals surface area contributed by atoms with E-state index in [1.54, 1.807) is 0 Å². The van der Waals surface area contributed by atoms with Crippen molar-refractivity contribution >= 4 is 11.9 Å². The van der Waals surface area contributed by atoms with Crippen LogP contribution in [0.25, 0.3) is 0 Å². The standard InChI is InChI=1S/C19H27NO5/c1-11(2)14-12-3-4-13(14)16(18(22)23)15(12)17(21)20-7-5-19(6-8-20)24-9-10-25-19/h12-13,15-16H,3-10H2,1-2H3,(H,22,23)/t12-,13+,15-,16-/m1/s1. The molecule has 138 valence electrons. The molecule has 25 heavy (non-hydrogen) atoms. The summed E-state index contributed by atoms with van der Waals surface area (Å²) in [5.74, 6) is -2.13. The zero-order chi connectivity index (χ0) is 17.8. The van der Waals surface area contributed by atoms with Crippen LogP contribution in [0.5, 0.6) is 0 Å². The average Bonchev–Trinajstić information content (AvgIpc) is 3.28. The Balaban J connectivity index is 1.53. The van der Waals surface area contributed by atoms with Crippen molar-refractivity contribution in [1.82, 2.24) is 4.90 Å². The summed E-state index contributed by atoms with van der Waals surface area (Å²) in [4.78, 5) is 27.0. The molecule has 0 aromatic carbocycles. The number of ether oxygens (including phenoxy) is 2. The van der Waals surface area contributed by atoms with Gasteiger partial charge >= 0.3 is 5.97 Å². The fourth-order valence-corrected chi connectivity index (χ4v) is 5.65. The van der Waals surface area contributed by atoms with Crippen LogP contribution in [0.4, 0.5) is 0 Å². The lowest BCUT2D eigenvalue weighted by Gasteiger charge is -2.40. The van der Waals surface area contributed by atoms with E-state index in [1.807, 2.05) is 18.7 Å². The number of amides is 1. The molecule has 6 nitrogen and oxygen atoms in total. The first kappa shape index (κ1) is 17.0. The van der Waals surface area contributed by atoms with Gasteiger partial charge in [-0.1, -0.05) is 11.1 Å². The van der Waals surface area contributed by atoms with Gasteiger partial charge in [-0.05, 0) is 38.5 Å². The lowest BCUT2D eigenvalue weighted by Crippen LogP contribution is -2.51. The van der Waals surface area contributed by atoms with E-state index in [9.17, 15) is 14.7 Å². The quantitative estimate of drug-likeness (QED) is 0.772. The minimum Gasteiger partial charge on any atom is -0.481 e. The summed E-state index contributed by atoms with van der Waals surface area (Å²) in [7, 11) is 0. The van der Waals surface area contributed by atoms with Crippen LogP contribution >= 0.6 is 0 Å². The predicted octanol–water partition coefficient (Wildman–Crippen LogP) is 2.05. The fourth-order valence-electron chi connectivity index (χ4n) is 5.65. The van der Waals surface area contributed by atoms with Gasteiger partial charge in [0.2, 0.25) is 5.91 Å². The molecule has 0 unspecified atom stereocenters. The number of carbonyl (C=O) groups is 2. The van der Waals surface area contributed by atoms with Gasteiger partial charge in [-0.25, -0.2) is 0 Å². The summed E-state index contributed by atoms with van der Waals surface area (Å²) in [5, 5.41) is 9.79. The van der Waals surface area contributed by atoms with E-state index in [2.05, 4.69) is 0 Å². The molecule has 2 aliphatic carbocycles. The van der Waals surface area contributed by atoms with Crippen molar-refractivity contribution < 1.29 is 24.2 Å². The van der Waals surface area contributed by atoms with Crippen molar-refractivity contribution in [2.24, 2.45) is 23.7 Å². The number of hydrogen-bond acceptors (Lipinski definition) is 4. The number of carboxylic acids is 1. The van der Waals surface area contributed by atoms with Crippen LogP contribution in [0.15, 0.2) is 11.1 Å². The van der Waals surface area contributed by atoms with Crippen molar-refractivity contribution in [3.63, 3.8) is 0 Å². The highest BCUT2D eigenvalue weighted by atomic mass is 16.7. The normalized spacial score (nSPS) is 36.2. The van der Waals surface area contributed by atoms with E-state index in [-0.39, 0.29) is 17.7 Å². The Bertz CT molecular complexity index is 607. The van der Waals surface area contributed by atoms with Crippen LogP contribution in [0.2, 0.25) is 0 Å². The molecule has 2 aliphatic heterocycles. The molecule has 0 aromatic rings. The smallest absolute Gasteiger partial charge is 0.307 e. The molecule has 2 saturated carbocycles. The molecule has 4 atom stereocenters. The minimum atomic E-state index is -0.819. The first-order valence-electron chi connectivity index (χ1n) is 9.40. The van der Waals surface area contributed by atoms with E-state index >= 15 is 0 Å². The SMILES string of the molecule is CC(C)=C1[C@H]2CC[C@@H]1[C@@H](C(=O)O)[C@@H]2C(=O)N1CCC2(CC1)OCCO2. The number of aliphatic carboxylic acids is 1. The molecular weight excluding hydrogens is 322 g/mol. The van der Waals surface area contributed by atoms with Gasteiger partial charge in [0.1, 0.15) is 0 Å². The molecule has 2 saturated heterocycles. The Kier molecular flexibility index (Phi) is 4.15. The van der Waals surface area contributed by atoms with Gasteiger partial charge in [0.25, 0.3) is 0 Å². The highest BCUT2D eigenvalue weighted by Crippen LogP contribution is 2.57. The Morgan fingerprint density at radius 1 is 1.04 bits per heavy atom. The second-order valence-corrected chi connectivity index (χ2v) is 8.07. The zero-order valence-electron chi connectivity index (χ0n) is 15.0. The molecular formula is C19H27NO5. The van der Waals surface area contributed by atoms with Crippen LogP contribution in [0.1, 0.15) is 39.5 Å². The van der Waals surface area contributed by atoms with E-state index < -0.39 is 23.6 Å². The number of nitrogens with zero attached hydrogens (tertiary/aromatic N) is 1. The lowest BCUT2D eigenvalue weighted by atomic mass is 9.78. The van der Waals surface area contributed by atoms with Gasteiger partial charge in [-0.2, -0.15) is 0 Å². The minimum absolute atomic E-state index is 0.0196. The number of carbonyl (C=O) groups excluding carboxylic acids is 1. The molecule has 1 spiro atoms. The lowest BCUT2D eigenvalue weighted by molar-refractivity contribution is -0.189. The van der Waals surface area contributed by atoms with Crippen LogP contribution < -0.4 is 0 Å². The molecule has 0 aromatic heterocycles. The number of carboxylic acid groups (broad SMARTS) is 1. The Morgan fingerprint density at radius 3 is 2.12 bits per heavy atom. The summed E-state index contributed by atoms with van der Waals surface area (Å²) < 4.78 is 11.5. The van der Waals surface area contributed by atoms with Crippen molar-refractivity contribution in [2.75, 3.05) is 26.3 Å². The van der Waals surface area contributed by atoms with Crippen LogP contribution in [0.3, 0.4) is 0 Å². The maximum absolute atomic E-state index is 13.2. The van der Waals surface area contributed by atoms with Gasteiger partial charge in [0.15, 0.2) is 5.79 Å². The van der Waals surface area contributed by atoms with Crippen molar-refractivity contribution in [3.8, 4) is 0 Å². The van der Waals surface area contributed by atoms with E-state index in [4.69, 9.17) is 9.47 Å². The van der Waals surface area contributed by atoms with Crippen LogP contribution in [-0.4, -0.2) is 54.0 Å². The first-order chi connectivity index (χ1) is 11.9. The Labute approximate surface area is 148 Å². The van der Waals surface area contributed by atoms with Crippen molar-refractivity contribution in [1.29, 1.82) is 0 Å². The molecule has 4 aliphatic rings.